The van der Waals surface area contributed by atoms with Crippen molar-refractivity contribution in [1.29, 1.82) is 0 Å². The maximum absolute atomic E-state index is 13.1. The van der Waals surface area contributed by atoms with Crippen LogP contribution < -0.4 is 0 Å². The Labute approximate surface area is 621 Å². The monoisotopic (exact) mass is 1480 g/mol. The van der Waals surface area contributed by atoms with E-state index in [1.54, 1.807) is 0 Å². The van der Waals surface area contributed by atoms with Crippen LogP contribution in [0.25, 0.3) is 0 Å². The third-order valence-electron chi connectivity index (χ3n) is 17.4. The highest BCUT2D eigenvalue weighted by molar-refractivity contribution is 7.47. The van der Waals surface area contributed by atoms with Crippen LogP contribution in [0, 0.1) is 0 Å². The fraction of sp³-hybridized carbons (Fsp3) is 0.783. The van der Waals surface area contributed by atoms with Crippen molar-refractivity contribution in [2.75, 3.05) is 39.6 Å². The lowest BCUT2D eigenvalue weighted by Crippen LogP contribution is -2.30. The first-order chi connectivity index (χ1) is 49.7. The van der Waals surface area contributed by atoms with Crippen molar-refractivity contribution in [2.24, 2.45) is 0 Å². The van der Waals surface area contributed by atoms with Crippen LogP contribution in [-0.4, -0.2) is 96.7 Å². The van der Waals surface area contributed by atoms with Gasteiger partial charge in [0.05, 0.1) is 26.4 Å². The number of phosphoric acid groups is 2. The summed E-state index contributed by atoms with van der Waals surface area (Å²) in [5, 5.41) is 10.6. The molecule has 0 amide bonds. The zero-order valence-electron chi connectivity index (χ0n) is 64.8. The van der Waals surface area contributed by atoms with Gasteiger partial charge in [0.2, 0.25) is 0 Å². The van der Waals surface area contributed by atoms with Gasteiger partial charge in [-0.05, 0) is 89.9 Å². The van der Waals surface area contributed by atoms with Gasteiger partial charge in [-0.3, -0.25) is 37.3 Å². The number of hydrogen-bond donors (Lipinski definition) is 3. The zero-order chi connectivity index (χ0) is 74.6. The standard InChI is InChI=1S/C83H148O17P2/c1-5-9-13-17-21-25-29-33-36-37-38-39-42-45-48-52-56-60-64-68-81(86)94-74-79(100-83(88)70-66-62-58-54-50-46-41-35-31-27-23-19-15-11-7-3)76-98-102(91,92)96-72-77(84)71-95-101(89,90)97-75-78(99-82(87)69-65-61-57-53-49-43-32-28-24-20-16-12-8-4)73-93-80(85)67-63-59-55-51-47-44-40-34-30-26-22-18-14-10-6-2/h9,13,21,25,28,32-33,36,38-39,45,48,56,60,77-79,84H,5-8,10-12,14-20,22-24,26-27,29-31,34-35,37,40-44,46-47,49-55,57-59,61-76H2,1-4H3,(H,89,90)(H,91,92)/b13-9-,25-21-,32-28-,36-33-,39-38-,48-45-,60-56-/t77-,78+,79+/m0/s1. The van der Waals surface area contributed by atoms with E-state index in [4.69, 9.17) is 37.0 Å². The molecule has 0 aliphatic rings. The summed E-state index contributed by atoms with van der Waals surface area (Å²) in [7, 11) is -9.96. The Balaban J connectivity index is 5.38. The average molecular weight is 1480 g/mol. The molecule has 0 radical (unpaired) electrons. The van der Waals surface area contributed by atoms with E-state index in [0.717, 1.165) is 116 Å². The Morgan fingerprint density at radius 3 is 0.853 bits per heavy atom. The van der Waals surface area contributed by atoms with Gasteiger partial charge < -0.3 is 33.8 Å². The molecular weight excluding hydrogens is 1330 g/mol. The fourth-order valence-electron chi connectivity index (χ4n) is 11.2. The Morgan fingerprint density at radius 2 is 0.529 bits per heavy atom. The molecule has 0 rings (SSSR count). The third kappa shape index (κ3) is 74.5. The van der Waals surface area contributed by atoms with Crippen molar-refractivity contribution in [2.45, 2.75) is 380 Å². The molecule has 0 aromatic heterocycles. The number of phosphoric ester groups is 2. The maximum Gasteiger partial charge on any atom is 0.472 e. The van der Waals surface area contributed by atoms with E-state index in [1.807, 2.05) is 12.2 Å². The number of esters is 4. The number of rotatable bonds is 77. The number of carbonyl (C=O) groups is 4. The number of unbranched alkanes of at least 4 members (excludes halogenated alkanes) is 37. The number of aliphatic hydroxyl groups excluding tert-OH is 1. The Kier molecular flexibility index (Phi) is 72.7. The van der Waals surface area contributed by atoms with Gasteiger partial charge in [-0.2, -0.15) is 0 Å². The smallest absolute Gasteiger partial charge is 0.462 e. The van der Waals surface area contributed by atoms with Crippen molar-refractivity contribution in [3.63, 3.8) is 0 Å². The molecule has 0 bridgehead atoms. The molecule has 592 valence electrons. The molecule has 0 saturated heterocycles. The topological polar surface area (TPSA) is 237 Å². The summed E-state index contributed by atoms with van der Waals surface area (Å²) in [5.74, 6) is -2.25. The predicted molar refractivity (Wildman–Crippen MR) is 418 cm³/mol. The Morgan fingerprint density at radius 1 is 0.284 bits per heavy atom. The van der Waals surface area contributed by atoms with Crippen LogP contribution >= 0.6 is 15.6 Å². The normalized spacial score (nSPS) is 14.3. The molecule has 17 nitrogen and oxygen atoms in total. The summed E-state index contributed by atoms with van der Waals surface area (Å²) in [6.07, 6.45) is 78.6. The lowest BCUT2D eigenvalue weighted by Gasteiger charge is -2.21. The minimum absolute atomic E-state index is 0.0392. The van der Waals surface area contributed by atoms with Gasteiger partial charge >= 0.3 is 39.5 Å². The molecule has 19 heteroatoms. The van der Waals surface area contributed by atoms with Crippen molar-refractivity contribution in [3.05, 3.63) is 85.1 Å². The lowest BCUT2D eigenvalue weighted by molar-refractivity contribution is -0.161. The van der Waals surface area contributed by atoms with Crippen LogP contribution in [0.4, 0.5) is 0 Å². The molecular formula is C83H148O17P2. The van der Waals surface area contributed by atoms with E-state index in [1.165, 1.54) is 161 Å². The second kappa shape index (κ2) is 75.5. The molecule has 5 atom stereocenters. The van der Waals surface area contributed by atoms with Crippen LogP contribution in [0.1, 0.15) is 362 Å². The first kappa shape index (κ1) is 98.2. The minimum Gasteiger partial charge on any atom is -0.462 e. The summed E-state index contributed by atoms with van der Waals surface area (Å²) in [6, 6.07) is 0. The third-order valence-corrected chi connectivity index (χ3v) is 19.3. The average Bonchev–Trinajstić information content (AvgIpc) is 0.924. The van der Waals surface area contributed by atoms with Crippen LogP contribution in [0.3, 0.4) is 0 Å². The molecule has 0 spiro atoms. The molecule has 0 aromatic carbocycles. The summed E-state index contributed by atoms with van der Waals surface area (Å²) >= 11 is 0. The molecule has 0 fully saturated rings. The SMILES string of the molecule is CC/C=C\C/C=C\C/C=C\C/C=C\C/C=C\C/C=C\CCC(=O)OC[C@H](COP(=O)(O)OC[C@@H](O)COP(=O)(O)OC[C@@H](COC(=O)CCCCCCCCCCCCCCCCC)OC(=O)CCCCCCC/C=C\CCCCCC)OC(=O)CCCCCCCCCCCCCCCCC. The van der Waals surface area contributed by atoms with E-state index in [0.29, 0.717) is 32.1 Å². The van der Waals surface area contributed by atoms with Crippen LogP contribution in [0.2, 0.25) is 0 Å². The second-order valence-corrected chi connectivity index (χ2v) is 30.3. The van der Waals surface area contributed by atoms with Crippen LogP contribution in [-0.2, 0) is 65.4 Å². The molecule has 0 aliphatic heterocycles. The number of carbonyl (C=O) groups excluding carboxylic acids is 4. The van der Waals surface area contributed by atoms with Crippen molar-refractivity contribution < 1.29 is 80.2 Å². The zero-order valence-corrected chi connectivity index (χ0v) is 66.6. The van der Waals surface area contributed by atoms with Crippen LogP contribution in [0.5, 0.6) is 0 Å². The minimum atomic E-state index is -4.99. The summed E-state index contributed by atoms with van der Waals surface area (Å²) in [4.78, 5) is 73.0. The van der Waals surface area contributed by atoms with E-state index in [9.17, 15) is 43.2 Å². The molecule has 0 saturated carbocycles. The quantitative estimate of drug-likeness (QED) is 0.0169. The molecule has 3 N–H and O–H groups in total. The Hall–Kier alpha value is -3.76. The van der Waals surface area contributed by atoms with Crippen molar-refractivity contribution >= 4 is 39.5 Å². The highest BCUT2D eigenvalue weighted by Crippen LogP contribution is 2.45. The number of ether oxygens (including phenoxy) is 4. The number of hydrogen-bond acceptors (Lipinski definition) is 15. The van der Waals surface area contributed by atoms with E-state index in [2.05, 4.69) is 101 Å². The van der Waals surface area contributed by atoms with Crippen molar-refractivity contribution in [1.82, 2.24) is 0 Å². The van der Waals surface area contributed by atoms with Gasteiger partial charge in [0.15, 0.2) is 12.2 Å². The predicted octanol–water partition coefficient (Wildman–Crippen LogP) is 23.8. The van der Waals surface area contributed by atoms with Crippen LogP contribution in [0.15, 0.2) is 85.1 Å². The largest absolute Gasteiger partial charge is 0.472 e. The van der Waals surface area contributed by atoms with Gasteiger partial charge in [-0.15, -0.1) is 0 Å². The highest BCUT2D eigenvalue weighted by Gasteiger charge is 2.30. The fourth-order valence-corrected chi connectivity index (χ4v) is 12.8. The molecule has 0 aliphatic carbocycles. The van der Waals surface area contributed by atoms with E-state index in [-0.39, 0.29) is 25.7 Å². The summed E-state index contributed by atoms with van der Waals surface area (Å²) in [5.41, 5.74) is 0. The summed E-state index contributed by atoms with van der Waals surface area (Å²) in [6.45, 7) is 4.72. The van der Waals surface area contributed by atoms with E-state index < -0.39 is 97.5 Å². The molecule has 0 heterocycles. The molecule has 102 heavy (non-hydrogen) atoms. The maximum atomic E-state index is 13.1. The highest BCUT2D eigenvalue weighted by atomic mass is 31.2. The first-order valence-corrected chi connectivity index (χ1v) is 43.8. The van der Waals surface area contributed by atoms with Gasteiger partial charge in [-0.25, -0.2) is 9.13 Å². The van der Waals surface area contributed by atoms with Gasteiger partial charge in [-0.1, -0.05) is 331 Å². The van der Waals surface area contributed by atoms with Gasteiger partial charge in [0, 0.05) is 25.7 Å². The molecule has 0 aromatic rings. The number of aliphatic hydroxyl groups is 1. The van der Waals surface area contributed by atoms with Gasteiger partial charge in [0.25, 0.3) is 0 Å². The Bertz CT molecular complexity index is 2260. The summed E-state index contributed by atoms with van der Waals surface area (Å²) < 4.78 is 68.6. The second-order valence-electron chi connectivity index (χ2n) is 27.3. The van der Waals surface area contributed by atoms with Gasteiger partial charge in [0.1, 0.15) is 19.3 Å². The van der Waals surface area contributed by atoms with Crippen molar-refractivity contribution in [3.8, 4) is 0 Å². The van der Waals surface area contributed by atoms with E-state index >= 15 is 0 Å². The molecule has 2 unspecified atom stereocenters. The lowest BCUT2D eigenvalue weighted by atomic mass is 10.0. The first-order valence-electron chi connectivity index (χ1n) is 40.8. The number of allylic oxidation sites excluding steroid dienone is 14.